The lowest BCUT2D eigenvalue weighted by molar-refractivity contribution is -0.142. The molecule has 3 heterocycles. The molecule has 1 amide bonds. The average molecular weight is 320 g/mol. The van der Waals surface area contributed by atoms with Crippen molar-refractivity contribution in [2.45, 2.75) is 6.10 Å². The van der Waals surface area contributed by atoms with E-state index in [1.165, 1.54) is 7.11 Å². The monoisotopic (exact) mass is 320 g/mol. The number of rotatable bonds is 4. The lowest BCUT2D eigenvalue weighted by atomic mass is 10.1. The molecular weight excluding hydrogens is 300 g/mol. The Hall–Kier alpha value is -2.49. The third-order valence-corrected chi connectivity index (χ3v) is 3.96. The SMILES string of the molecule is COC(C(=O)N1CCN(c2nnnn2C)CC1)c1cnn(C)c1. The Bertz CT molecular complexity index is 673. The molecule has 0 aromatic carbocycles. The first-order valence-corrected chi connectivity index (χ1v) is 7.37. The Labute approximate surface area is 133 Å². The lowest BCUT2D eigenvalue weighted by Crippen LogP contribution is -2.50. The number of amides is 1. The maximum absolute atomic E-state index is 12.7. The van der Waals surface area contributed by atoms with Crippen LogP contribution in [0.25, 0.3) is 0 Å². The summed E-state index contributed by atoms with van der Waals surface area (Å²) < 4.78 is 8.68. The van der Waals surface area contributed by atoms with Gasteiger partial charge in [-0.3, -0.25) is 9.48 Å². The number of methoxy groups -OCH3 is 1. The highest BCUT2D eigenvalue weighted by molar-refractivity contribution is 5.82. The molecule has 3 rings (SSSR count). The van der Waals surface area contributed by atoms with Gasteiger partial charge in [-0.05, 0) is 10.4 Å². The highest BCUT2D eigenvalue weighted by atomic mass is 16.5. The van der Waals surface area contributed by atoms with Crippen molar-refractivity contribution in [3.63, 3.8) is 0 Å². The Kier molecular flexibility index (Phi) is 4.24. The predicted molar refractivity (Wildman–Crippen MR) is 80.5 cm³/mol. The summed E-state index contributed by atoms with van der Waals surface area (Å²) in [4.78, 5) is 16.6. The van der Waals surface area contributed by atoms with Crippen LogP contribution >= 0.6 is 0 Å². The zero-order valence-electron chi connectivity index (χ0n) is 13.5. The zero-order valence-corrected chi connectivity index (χ0v) is 13.5. The molecule has 23 heavy (non-hydrogen) atoms. The van der Waals surface area contributed by atoms with Crippen LogP contribution in [0, 0.1) is 0 Å². The van der Waals surface area contributed by atoms with Crippen LogP contribution in [0.4, 0.5) is 5.95 Å². The molecule has 0 saturated carbocycles. The molecule has 1 aliphatic heterocycles. The van der Waals surface area contributed by atoms with Crippen LogP contribution in [0.1, 0.15) is 11.7 Å². The van der Waals surface area contributed by atoms with Gasteiger partial charge in [0.15, 0.2) is 6.10 Å². The van der Waals surface area contributed by atoms with Crippen LogP contribution in [0.3, 0.4) is 0 Å². The van der Waals surface area contributed by atoms with Crippen LogP contribution in [0.15, 0.2) is 12.4 Å². The predicted octanol–water partition coefficient (Wildman–Crippen LogP) is -1.02. The molecule has 0 N–H and O–H groups in total. The summed E-state index contributed by atoms with van der Waals surface area (Å²) in [6.45, 7) is 2.57. The molecule has 0 spiro atoms. The van der Waals surface area contributed by atoms with Gasteiger partial charge in [0.1, 0.15) is 0 Å². The van der Waals surface area contributed by atoms with Crippen molar-refractivity contribution in [2.24, 2.45) is 14.1 Å². The Morgan fingerprint density at radius 1 is 1.26 bits per heavy atom. The fraction of sp³-hybridized carbons (Fsp3) is 0.615. The Balaban J connectivity index is 1.64. The molecule has 10 nitrogen and oxygen atoms in total. The average Bonchev–Trinajstić information content (AvgIpc) is 3.17. The highest BCUT2D eigenvalue weighted by Gasteiger charge is 2.30. The first-order chi connectivity index (χ1) is 11.1. The maximum atomic E-state index is 12.7. The van der Waals surface area contributed by atoms with E-state index in [1.807, 2.05) is 11.9 Å². The van der Waals surface area contributed by atoms with Gasteiger partial charge in [0.05, 0.1) is 6.20 Å². The van der Waals surface area contributed by atoms with E-state index in [0.717, 1.165) is 5.56 Å². The van der Waals surface area contributed by atoms with Crippen molar-refractivity contribution in [2.75, 3.05) is 38.2 Å². The second-order valence-corrected chi connectivity index (χ2v) is 5.48. The zero-order chi connectivity index (χ0) is 16.4. The maximum Gasteiger partial charge on any atom is 0.256 e. The van der Waals surface area contributed by atoms with E-state index in [9.17, 15) is 4.79 Å². The van der Waals surface area contributed by atoms with E-state index in [1.54, 1.807) is 28.8 Å². The highest BCUT2D eigenvalue weighted by Crippen LogP contribution is 2.20. The molecule has 1 fully saturated rings. The fourth-order valence-electron chi connectivity index (χ4n) is 2.74. The molecule has 0 aliphatic carbocycles. The van der Waals surface area contributed by atoms with E-state index in [4.69, 9.17) is 4.74 Å². The van der Waals surface area contributed by atoms with Gasteiger partial charge >= 0.3 is 0 Å². The molecule has 1 saturated heterocycles. The summed E-state index contributed by atoms with van der Waals surface area (Å²) >= 11 is 0. The van der Waals surface area contributed by atoms with Crippen molar-refractivity contribution < 1.29 is 9.53 Å². The molecule has 2 aromatic heterocycles. The summed E-state index contributed by atoms with van der Waals surface area (Å²) in [5.41, 5.74) is 0.764. The van der Waals surface area contributed by atoms with Gasteiger partial charge in [-0.15, -0.1) is 0 Å². The molecule has 0 radical (unpaired) electrons. The number of carbonyl (C=O) groups excluding carboxylic acids is 1. The van der Waals surface area contributed by atoms with E-state index >= 15 is 0 Å². The number of hydrogen-bond donors (Lipinski definition) is 0. The molecule has 1 atom stereocenters. The van der Waals surface area contributed by atoms with Gasteiger partial charge in [0.2, 0.25) is 5.95 Å². The number of piperazine rings is 1. The fourth-order valence-corrected chi connectivity index (χ4v) is 2.74. The number of aromatic nitrogens is 6. The first-order valence-electron chi connectivity index (χ1n) is 7.37. The minimum Gasteiger partial charge on any atom is -0.367 e. The molecule has 1 unspecified atom stereocenters. The van der Waals surface area contributed by atoms with Crippen molar-refractivity contribution in [3.05, 3.63) is 18.0 Å². The van der Waals surface area contributed by atoms with Crippen molar-refractivity contribution in [1.82, 2.24) is 34.9 Å². The van der Waals surface area contributed by atoms with E-state index in [2.05, 4.69) is 25.5 Å². The molecule has 124 valence electrons. The minimum absolute atomic E-state index is 0.0451. The smallest absolute Gasteiger partial charge is 0.256 e. The normalized spacial score (nSPS) is 16.7. The summed E-state index contributed by atoms with van der Waals surface area (Å²) in [5.74, 6) is 0.670. The van der Waals surface area contributed by atoms with Crippen LogP contribution in [0.5, 0.6) is 0 Å². The molecule has 2 aromatic rings. The second-order valence-electron chi connectivity index (χ2n) is 5.48. The number of tetrazole rings is 1. The standard InChI is InChI=1S/C13H20N8O2/c1-18-9-10(8-14-18)11(23-3)12(22)20-4-6-21(7-5-20)13-15-16-17-19(13)2/h8-9,11H,4-7H2,1-3H3. The first kappa shape index (κ1) is 15.4. The van der Waals surface area contributed by atoms with E-state index < -0.39 is 6.10 Å². The summed E-state index contributed by atoms with van der Waals surface area (Å²) in [7, 11) is 5.15. The van der Waals surface area contributed by atoms with E-state index in [0.29, 0.717) is 32.1 Å². The summed E-state index contributed by atoms with van der Waals surface area (Å²) in [6.07, 6.45) is 2.84. The quantitative estimate of drug-likeness (QED) is 0.711. The van der Waals surface area contributed by atoms with Gasteiger partial charge in [-0.1, -0.05) is 5.10 Å². The van der Waals surface area contributed by atoms with Gasteiger partial charge in [0, 0.05) is 59.1 Å². The third kappa shape index (κ3) is 3.02. The number of hydrogen-bond acceptors (Lipinski definition) is 7. The summed E-state index contributed by atoms with van der Waals surface area (Å²) in [6, 6.07) is 0. The second kappa shape index (κ2) is 6.32. The van der Waals surface area contributed by atoms with Crippen molar-refractivity contribution >= 4 is 11.9 Å². The molecular formula is C13H20N8O2. The van der Waals surface area contributed by atoms with Crippen molar-refractivity contribution in [3.8, 4) is 0 Å². The van der Waals surface area contributed by atoms with Gasteiger partial charge in [-0.25, -0.2) is 4.68 Å². The van der Waals surface area contributed by atoms with Crippen LogP contribution < -0.4 is 4.90 Å². The number of aryl methyl sites for hydroxylation is 2. The molecule has 10 heteroatoms. The van der Waals surface area contributed by atoms with Crippen LogP contribution in [0.2, 0.25) is 0 Å². The lowest BCUT2D eigenvalue weighted by Gasteiger charge is -2.35. The van der Waals surface area contributed by atoms with Gasteiger partial charge < -0.3 is 14.5 Å². The van der Waals surface area contributed by atoms with Crippen LogP contribution in [-0.2, 0) is 23.6 Å². The number of anilines is 1. The largest absolute Gasteiger partial charge is 0.367 e. The number of ether oxygens (including phenoxy) is 1. The number of nitrogens with zero attached hydrogens (tertiary/aromatic N) is 8. The van der Waals surface area contributed by atoms with E-state index in [-0.39, 0.29) is 5.91 Å². The third-order valence-electron chi connectivity index (χ3n) is 3.96. The van der Waals surface area contributed by atoms with Gasteiger partial charge in [0.25, 0.3) is 5.91 Å². The molecule has 1 aliphatic rings. The summed E-state index contributed by atoms with van der Waals surface area (Å²) in [5, 5.41) is 15.6. The van der Waals surface area contributed by atoms with Crippen LogP contribution in [-0.4, -0.2) is 74.1 Å². The van der Waals surface area contributed by atoms with Gasteiger partial charge in [-0.2, -0.15) is 5.10 Å². The molecule has 0 bridgehead atoms. The topological polar surface area (TPSA) is 94.2 Å². The minimum atomic E-state index is -0.619. The number of carbonyl (C=O) groups is 1. The van der Waals surface area contributed by atoms with Crippen molar-refractivity contribution in [1.29, 1.82) is 0 Å². The Morgan fingerprint density at radius 3 is 2.52 bits per heavy atom. The Morgan fingerprint density at radius 2 is 2.00 bits per heavy atom.